The van der Waals surface area contributed by atoms with Crippen LogP contribution in [0, 0.1) is 5.92 Å². The second-order valence-electron chi connectivity index (χ2n) is 3.74. The zero-order chi connectivity index (χ0) is 11.0. The van der Waals surface area contributed by atoms with Gasteiger partial charge in [-0.3, -0.25) is 0 Å². The van der Waals surface area contributed by atoms with Gasteiger partial charge < -0.3 is 16.4 Å². The molecule has 0 aliphatic heterocycles. The van der Waals surface area contributed by atoms with Crippen LogP contribution in [0.5, 0.6) is 0 Å². The summed E-state index contributed by atoms with van der Waals surface area (Å²) in [6.07, 6.45) is 6.25. The van der Waals surface area contributed by atoms with Crippen LogP contribution in [0.3, 0.4) is 0 Å². The Bertz CT molecular complexity index is 195. The molecule has 3 heteroatoms. The van der Waals surface area contributed by atoms with Crippen LogP contribution in [0.2, 0.25) is 0 Å². The van der Waals surface area contributed by atoms with Crippen LogP contribution in [-0.4, -0.2) is 18.0 Å². The van der Waals surface area contributed by atoms with E-state index in [9.17, 15) is 0 Å². The molecule has 0 aromatic carbocycles. The molecule has 3 nitrogen and oxygen atoms in total. The SMILES string of the molecule is CCN(CCC(C)C)/C(N)=C/C=C\N. The van der Waals surface area contributed by atoms with Gasteiger partial charge in [0.05, 0.1) is 5.82 Å². The summed E-state index contributed by atoms with van der Waals surface area (Å²) in [6, 6.07) is 0. The third-order valence-electron chi connectivity index (χ3n) is 2.10. The van der Waals surface area contributed by atoms with Crippen molar-refractivity contribution < 1.29 is 0 Å². The molecule has 4 N–H and O–H groups in total. The maximum Gasteiger partial charge on any atom is 0.0986 e. The highest BCUT2D eigenvalue weighted by molar-refractivity contribution is 5.07. The number of hydrogen-bond donors (Lipinski definition) is 2. The molecule has 0 aromatic rings. The van der Waals surface area contributed by atoms with Crippen LogP contribution in [0.4, 0.5) is 0 Å². The Hall–Kier alpha value is -1.12. The van der Waals surface area contributed by atoms with Crippen LogP contribution >= 0.6 is 0 Å². The molecule has 0 aromatic heterocycles. The second-order valence-corrected chi connectivity index (χ2v) is 3.74. The molecule has 0 spiro atoms. The number of hydrogen-bond acceptors (Lipinski definition) is 3. The average Bonchev–Trinajstić information content (AvgIpc) is 2.15. The van der Waals surface area contributed by atoms with Gasteiger partial charge in [-0.25, -0.2) is 0 Å². The van der Waals surface area contributed by atoms with E-state index < -0.39 is 0 Å². The van der Waals surface area contributed by atoms with E-state index >= 15 is 0 Å². The first-order valence-corrected chi connectivity index (χ1v) is 5.20. The van der Waals surface area contributed by atoms with E-state index in [1.165, 1.54) is 6.20 Å². The highest BCUT2D eigenvalue weighted by Crippen LogP contribution is 2.05. The van der Waals surface area contributed by atoms with Crippen molar-refractivity contribution in [1.82, 2.24) is 4.90 Å². The zero-order valence-electron chi connectivity index (χ0n) is 9.53. The van der Waals surface area contributed by atoms with Crippen molar-refractivity contribution in [2.45, 2.75) is 27.2 Å². The number of nitrogens with zero attached hydrogens (tertiary/aromatic N) is 1. The third kappa shape index (κ3) is 5.51. The van der Waals surface area contributed by atoms with Crippen molar-refractivity contribution in [2.24, 2.45) is 17.4 Å². The molecule has 0 aliphatic rings. The number of nitrogens with two attached hydrogens (primary N) is 2. The Morgan fingerprint density at radius 1 is 1.43 bits per heavy atom. The summed E-state index contributed by atoms with van der Waals surface area (Å²) < 4.78 is 0. The summed E-state index contributed by atoms with van der Waals surface area (Å²) in [4.78, 5) is 2.15. The minimum Gasteiger partial charge on any atom is -0.405 e. The summed E-state index contributed by atoms with van der Waals surface area (Å²) in [5, 5.41) is 0. The Balaban J connectivity index is 4.11. The summed E-state index contributed by atoms with van der Waals surface area (Å²) >= 11 is 0. The summed E-state index contributed by atoms with van der Waals surface area (Å²) in [6.45, 7) is 8.48. The first-order valence-electron chi connectivity index (χ1n) is 5.20. The molecule has 82 valence electrons. The molecule has 0 bridgehead atoms. The number of allylic oxidation sites excluding steroid dienone is 2. The third-order valence-corrected chi connectivity index (χ3v) is 2.10. The van der Waals surface area contributed by atoms with E-state index in [4.69, 9.17) is 11.5 Å². The molecule has 0 saturated carbocycles. The van der Waals surface area contributed by atoms with E-state index in [0.29, 0.717) is 5.92 Å². The van der Waals surface area contributed by atoms with Crippen LogP contribution in [0.25, 0.3) is 0 Å². The Morgan fingerprint density at radius 3 is 2.50 bits per heavy atom. The molecule has 0 amide bonds. The predicted octanol–water partition coefficient (Wildman–Crippen LogP) is 1.63. The molecule has 0 fully saturated rings. The minimum absolute atomic E-state index is 0.710. The van der Waals surface area contributed by atoms with Gasteiger partial charge >= 0.3 is 0 Å². The molecule has 0 rings (SSSR count). The van der Waals surface area contributed by atoms with Gasteiger partial charge in [0.25, 0.3) is 0 Å². The van der Waals surface area contributed by atoms with Crippen molar-refractivity contribution in [3.63, 3.8) is 0 Å². The normalized spacial score (nSPS) is 12.7. The lowest BCUT2D eigenvalue weighted by Gasteiger charge is -2.23. The van der Waals surface area contributed by atoms with Crippen molar-refractivity contribution in [3.05, 3.63) is 24.2 Å². The molecular formula is C11H23N3. The van der Waals surface area contributed by atoms with Gasteiger partial charge in [0, 0.05) is 13.1 Å². The maximum atomic E-state index is 5.88. The van der Waals surface area contributed by atoms with E-state index in [1.54, 1.807) is 6.08 Å². The molecule has 0 saturated heterocycles. The second kappa shape index (κ2) is 7.30. The van der Waals surface area contributed by atoms with Gasteiger partial charge in [0.2, 0.25) is 0 Å². The summed E-state index contributed by atoms with van der Waals surface area (Å²) in [7, 11) is 0. The van der Waals surface area contributed by atoms with E-state index in [0.717, 1.165) is 25.3 Å². The van der Waals surface area contributed by atoms with E-state index in [2.05, 4.69) is 25.7 Å². The fourth-order valence-corrected chi connectivity index (χ4v) is 1.14. The summed E-state index contributed by atoms with van der Waals surface area (Å²) in [5.41, 5.74) is 11.1. The van der Waals surface area contributed by atoms with Gasteiger partial charge in [0.15, 0.2) is 0 Å². The van der Waals surface area contributed by atoms with Gasteiger partial charge in [0.1, 0.15) is 0 Å². The lowest BCUT2D eigenvalue weighted by Crippen LogP contribution is -2.29. The first-order chi connectivity index (χ1) is 6.61. The van der Waals surface area contributed by atoms with Crippen molar-refractivity contribution >= 4 is 0 Å². The predicted molar refractivity (Wildman–Crippen MR) is 62.3 cm³/mol. The number of rotatable bonds is 6. The Morgan fingerprint density at radius 2 is 2.07 bits per heavy atom. The molecule has 0 aliphatic carbocycles. The molecule has 0 radical (unpaired) electrons. The molecule has 14 heavy (non-hydrogen) atoms. The summed E-state index contributed by atoms with van der Waals surface area (Å²) in [5.74, 6) is 1.50. The zero-order valence-corrected chi connectivity index (χ0v) is 9.53. The topological polar surface area (TPSA) is 55.3 Å². The Kier molecular flexibility index (Phi) is 6.72. The van der Waals surface area contributed by atoms with Gasteiger partial charge in [-0.1, -0.05) is 13.8 Å². The fraction of sp³-hybridized carbons (Fsp3) is 0.636. The minimum atomic E-state index is 0.710. The van der Waals surface area contributed by atoms with Crippen molar-refractivity contribution in [1.29, 1.82) is 0 Å². The monoisotopic (exact) mass is 197 g/mol. The van der Waals surface area contributed by atoms with Gasteiger partial charge in [-0.15, -0.1) is 0 Å². The smallest absolute Gasteiger partial charge is 0.0986 e. The lowest BCUT2D eigenvalue weighted by atomic mass is 10.1. The molecule has 0 heterocycles. The van der Waals surface area contributed by atoms with Crippen LogP contribution in [0.15, 0.2) is 24.2 Å². The van der Waals surface area contributed by atoms with Crippen molar-refractivity contribution in [3.8, 4) is 0 Å². The maximum absolute atomic E-state index is 5.88. The first kappa shape index (κ1) is 12.9. The van der Waals surface area contributed by atoms with Crippen LogP contribution < -0.4 is 11.5 Å². The molecule has 0 unspecified atom stereocenters. The van der Waals surface area contributed by atoms with Crippen LogP contribution in [0.1, 0.15) is 27.2 Å². The van der Waals surface area contributed by atoms with Gasteiger partial charge in [-0.2, -0.15) is 0 Å². The fourth-order valence-electron chi connectivity index (χ4n) is 1.14. The van der Waals surface area contributed by atoms with Crippen LogP contribution in [-0.2, 0) is 0 Å². The lowest BCUT2D eigenvalue weighted by molar-refractivity contribution is 0.331. The molecular weight excluding hydrogens is 174 g/mol. The Labute approximate surface area is 87.4 Å². The quantitative estimate of drug-likeness (QED) is 0.636. The van der Waals surface area contributed by atoms with E-state index in [-0.39, 0.29) is 0 Å². The standard InChI is InChI=1S/C11H23N3/c1-4-14(9-7-10(2)3)11(13)6-5-8-12/h5-6,8,10H,4,7,9,12-13H2,1-3H3/b8-5-,11-6+. The highest BCUT2D eigenvalue weighted by Gasteiger charge is 2.03. The van der Waals surface area contributed by atoms with Crippen molar-refractivity contribution in [2.75, 3.05) is 13.1 Å². The van der Waals surface area contributed by atoms with Gasteiger partial charge in [-0.05, 0) is 37.6 Å². The molecule has 0 atom stereocenters. The largest absolute Gasteiger partial charge is 0.405 e. The highest BCUT2D eigenvalue weighted by atomic mass is 15.2. The van der Waals surface area contributed by atoms with E-state index in [1.807, 2.05) is 6.08 Å². The average molecular weight is 197 g/mol.